The first-order valence-electron chi connectivity index (χ1n) is 10.9. The van der Waals surface area contributed by atoms with Gasteiger partial charge < -0.3 is 10.1 Å². The zero-order valence-electron chi connectivity index (χ0n) is 17.4. The smallest absolute Gasteiger partial charge is 0.220 e. The molecule has 0 saturated carbocycles. The van der Waals surface area contributed by atoms with Crippen molar-refractivity contribution in [2.24, 2.45) is 0 Å². The molecule has 0 aliphatic carbocycles. The average molecular weight is 358 g/mol. The molecular formula is C22H47NO2. The summed E-state index contributed by atoms with van der Waals surface area (Å²) < 4.78 is 0. The second-order valence-electron chi connectivity index (χ2n) is 7.01. The Balaban J connectivity index is -0.00000123. The van der Waals surface area contributed by atoms with E-state index in [0.29, 0.717) is 19.4 Å². The van der Waals surface area contributed by atoms with E-state index in [0.717, 1.165) is 19.1 Å². The molecule has 0 aromatic carbocycles. The molecule has 0 bridgehead atoms. The molecule has 152 valence electrons. The molecule has 25 heavy (non-hydrogen) atoms. The van der Waals surface area contributed by atoms with Gasteiger partial charge in [0.1, 0.15) is 6.29 Å². The van der Waals surface area contributed by atoms with Crippen molar-refractivity contribution in [1.29, 1.82) is 0 Å². The molecule has 0 heterocycles. The minimum absolute atomic E-state index is 0. The fraction of sp³-hybridized carbons (Fsp3) is 0.909. The van der Waals surface area contributed by atoms with Gasteiger partial charge in [0, 0.05) is 20.8 Å². The maximum atomic E-state index is 11.4. The molecule has 0 spiro atoms. The molecule has 0 aliphatic rings. The third-order valence-corrected chi connectivity index (χ3v) is 4.09. The maximum Gasteiger partial charge on any atom is 0.220 e. The number of aldehydes is 1. The molecule has 1 amide bonds. The van der Waals surface area contributed by atoms with E-state index in [-0.39, 0.29) is 7.33 Å². The van der Waals surface area contributed by atoms with Crippen molar-refractivity contribution < 1.29 is 11.0 Å². The molecule has 0 saturated heterocycles. The van der Waals surface area contributed by atoms with Gasteiger partial charge in [0.05, 0.1) is 0 Å². The fourth-order valence-electron chi connectivity index (χ4n) is 2.66. The Morgan fingerprint density at radius 3 is 1.56 bits per heavy atom. The third kappa shape index (κ3) is 28.2. The molecule has 3 nitrogen and oxygen atoms in total. The van der Waals surface area contributed by atoms with Crippen molar-refractivity contribution in [1.82, 2.24) is 5.32 Å². The van der Waals surface area contributed by atoms with E-state index >= 15 is 0 Å². The summed E-state index contributed by atoms with van der Waals surface area (Å²) in [5.74, 6) is 0.0879. The summed E-state index contributed by atoms with van der Waals surface area (Å²) in [7, 11) is 0. The SMILES string of the molecule is CCC.CCCCCCCCCCCCCCCC(=O)NCCC=O.[HH]. The molecule has 0 fully saturated rings. The topological polar surface area (TPSA) is 46.2 Å². The molecule has 0 aliphatic heterocycles. The van der Waals surface area contributed by atoms with Crippen LogP contribution >= 0.6 is 0 Å². The van der Waals surface area contributed by atoms with Crippen molar-refractivity contribution in [2.75, 3.05) is 6.54 Å². The molecular weight excluding hydrogens is 310 g/mol. The number of carbonyl (C=O) groups excluding carboxylic acids is 2. The van der Waals surface area contributed by atoms with E-state index in [1.165, 1.54) is 77.0 Å². The predicted octanol–water partition coefficient (Wildman–Crippen LogP) is 6.84. The van der Waals surface area contributed by atoms with Crippen LogP contribution < -0.4 is 5.32 Å². The second kappa shape index (κ2) is 25.4. The van der Waals surface area contributed by atoms with Crippen molar-refractivity contribution in [3.8, 4) is 0 Å². The van der Waals surface area contributed by atoms with Crippen LogP contribution in [0, 0.1) is 0 Å². The summed E-state index contributed by atoms with van der Waals surface area (Å²) >= 11 is 0. The predicted molar refractivity (Wildman–Crippen MR) is 112 cm³/mol. The lowest BCUT2D eigenvalue weighted by Crippen LogP contribution is -2.24. The molecule has 0 aromatic heterocycles. The quantitative estimate of drug-likeness (QED) is 0.229. The highest BCUT2D eigenvalue weighted by atomic mass is 16.1. The lowest BCUT2D eigenvalue weighted by Gasteiger charge is -2.04. The van der Waals surface area contributed by atoms with Gasteiger partial charge in [0.25, 0.3) is 0 Å². The Hall–Kier alpha value is -0.860. The van der Waals surface area contributed by atoms with Crippen molar-refractivity contribution in [2.45, 2.75) is 124 Å². The van der Waals surface area contributed by atoms with Gasteiger partial charge in [-0.3, -0.25) is 4.79 Å². The van der Waals surface area contributed by atoms with Gasteiger partial charge in [-0.15, -0.1) is 0 Å². The molecule has 0 atom stereocenters. The van der Waals surface area contributed by atoms with E-state index < -0.39 is 0 Å². The molecule has 0 rings (SSSR count). The van der Waals surface area contributed by atoms with Crippen LogP contribution in [0.4, 0.5) is 0 Å². The van der Waals surface area contributed by atoms with Crippen molar-refractivity contribution in [3.05, 3.63) is 0 Å². The number of rotatable bonds is 17. The van der Waals surface area contributed by atoms with E-state index in [4.69, 9.17) is 0 Å². The monoisotopic (exact) mass is 357 g/mol. The largest absolute Gasteiger partial charge is 0.356 e. The van der Waals surface area contributed by atoms with Crippen LogP contribution in [0.1, 0.15) is 125 Å². The molecule has 0 unspecified atom stereocenters. The highest BCUT2D eigenvalue weighted by molar-refractivity contribution is 5.76. The highest BCUT2D eigenvalue weighted by Gasteiger charge is 2.00. The van der Waals surface area contributed by atoms with Crippen LogP contribution in [-0.2, 0) is 9.59 Å². The van der Waals surface area contributed by atoms with Crippen molar-refractivity contribution >= 4 is 12.2 Å². The van der Waals surface area contributed by atoms with Gasteiger partial charge >= 0.3 is 0 Å². The summed E-state index contributed by atoms with van der Waals surface area (Å²) in [4.78, 5) is 21.5. The van der Waals surface area contributed by atoms with E-state index in [2.05, 4.69) is 26.1 Å². The van der Waals surface area contributed by atoms with Gasteiger partial charge in [-0.05, 0) is 6.42 Å². The molecule has 0 aromatic rings. The number of nitrogens with one attached hydrogen (secondary N) is 1. The van der Waals surface area contributed by atoms with Crippen LogP contribution in [0.15, 0.2) is 0 Å². The Kier molecular flexibility index (Phi) is 26.8. The summed E-state index contributed by atoms with van der Waals surface area (Å²) in [6.45, 7) is 7.00. The summed E-state index contributed by atoms with van der Waals surface area (Å²) in [6.07, 6.45) is 20.3. The average Bonchev–Trinajstić information content (AvgIpc) is 2.60. The first kappa shape index (κ1) is 26.4. The number of amides is 1. The molecule has 0 radical (unpaired) electrons. The zero-order chi connectivity index (χ0) is 19.0. The van der Waals surface area contributed by atoms with Crippen LogP contribution in [0.3, 0.4) is 0 Å². The molecule has 1 N–H and O–H groups in total. The van der Waals surface area contributed by atoms with Crippen LogP contribution in [0.2, 0.25) is 0 Å². The van der Waals surface area contributed by atoms with Gasteiger partial charge in [0.15, 0.2) is 0 Å². The van der Waals surface area contributed by atoms with Gasteiger partial charge in [-0.1, -0.05) is 104 Å². The first-order valence-corrected chi connectivity index (χ1v) is 10.9. The number of hydrogen-bond acceptors (Lipinski definition) is 2. The number of unbranched alkanes of at least 4 members (excludes halogenated alkanes) is 12. The summed E-state index contributed by atoms with van der Waals surface area (Å²) in [5.41, 5.74) is 0. The van der Waals surface area contributed by atoms with E-state index in [1.54, 1.807) is 0 Å². The Bertz CT molecular complexity index is 273. The van der Waals surface area contributed by atoms with E-state index in [1.807, 2.05) is 0 Å². The van der Waals surface area contributed by atoms with Crippen LogP contribution in [0.25, 0.3) is 0 Å². The van der Waals surface area contributed by atoms with Crippen LogP contribution in [0.5, 0.6) is 0 Å². The minimum atomic E-state index is 0. The standard InChI is InChI=1S/C19H37NO2.C3H8.H2/c1-2-3-4-5-6-7-8-9-10-11-12-13-14-16-19(22)20-17-15-18-21;1-3-2;/h18H,2-17H2,1H3,(H,20,22);3H2,1-2H3;1H. The Morgan fingerprint density at radius 2 is 1.16 bits per heavy atom. The Morgan fingerprint density at radius 1 is 0.760 bits per heavy atom. The van der Waals surface area contributed by atoms with Gasteiger partial charge in [-0.2, -0.15) is 0 Å². The first-order chi connectivity index (χ1) is 12.2. The third-order valence-electron chi connectivity index (χ3n) is 4.09. The fourth-order valence-corrected chi connectivity index (χ4v) is 2.66. The lowest BCUT2D eigenvalue weighted by molar-refractivity contribution is -0.121. The van der Waals surface area contributed by atoms with Crippen molar-refractivity contribution in [3.63, 3.8) is 0 Å². The minimum Gasteiger partial charge on any atom is -0.356 e. The highest BCUT2D eigenvalue weighted by Crippen LogP contribution is 2.12. The lowest BCUT2D eigenvalue weighted by atomic mass is 10.0. The summed E-state index contributed by atoms with van der Waals surface area (Å²) in [5, 5.41) is 2.76. The van der Waals surface area contributed by atoms with Crippen LogP contribution in [-0.4, -0.2) is 18.7 Å². The van der Waals surface area contributed by atoms with E-state index in [9.17, 15) is 9.59 Å². The number of hydrogen-bond donors (Lipinski definition) is 1. The second-order valence-corrected chi connectivity index (χ2v) is 7.01. The van der Waals surface area contributed by atoms with Gasteiger partial charge in [0.2, 0.25) is 5.91 Å². The number of carbonyl (C=O) groups is 2. The summed E-state index contributed by atoms with van der Waals surface area (Å²) in [6, 6.07) is 0. The molecule has 3 heteroatoms. The van der Waals surface area contributed by atoms with Gasteiger partial charge in [-0.25, -0.2) is 0 Å². The Labute approximate surface area is 159 Å². The zero-order valence-corrected chi connectivity index (χ0v) is 17.4. The maximum absolute atomic E-state index is 11.4. The normalized spacial score (nSPS) is 10.0.